The van der Waals surface area contributed by atoms with Gasteiger partial charge in [-0.25, -0.2) is 9.78 Å². The third kappa shape index (κ3) is 7.74. The van der Waals surface area contributed by atoms with E-state index < -0.39 is 5.97 Å². The van der Waals surface area contributed by atoms with Gasteiger partial charge in [-0.05, 0) is 30.5 Å². The molecule has 8 nitrogen and oxygen atoms in total. The van der Waals surface area contributed by atoms with Crippen LogP contribution in [-0.2, 0) is 9.59 Å². The molecule has 0 fully saturated rings. The number of thiazole rings is 1. The highest BCUT2D eigenvalue weighted by Gasteiger charge is 2.18. The average Bonchev–Trinajstić information content (AvgIpc) is 3.07. The van der Waals surface area contributed by atoms with Crippen molar-refractivity contribution in [1.82, 2.24) is 4.98 Å². The number of hydrogen-bond donors (Lipinski definition) is 3. The minimum absolute atomic E-state index is 0.0635. The Labute approximate surface area is 177 Å². The maximum Gasteiger partial charge on any atom is 0.328 e. The molecule has 0 atom stereocenters. The second-order valence-electron chi connectivity index (χ2n) is 6.66. The van der Waals surface area contributed by atoms with Gasteiger partial charge in [-0.15, -0.1) is 11.8 Å². The molecule has 29 heavy (non-hydrogen) atoms. The highest BCUT2D eigenvalue weighted by molar-refractivity contribution is 8.01. The Hall–Kier alpha value is -2.59. The lowest BCUT2D eigenvalue weighted by Gasteiger charge is -2.24. The average molecular weight is 437 g/mol. The number of carbonyl (C=O) groups is 3. The van der Waals surface area contributed by atoms with Gasteiger partial charge in [0.15, 0.2) is 5.13 Å². The molecule has 0 saturated heterocycles. The van der Waals surface area contributed by atoms with Crippen molar-refractivity contribution in [3.05, 3.63) is 30.5 Å². The number of rotatable bonds is 9. The number of urea groups is 1. The van der Waals surface area contributed by atoms with E-state index in [1.54, 1.807) is 35.4 Å². The molecular weight excluding hydrogens is 412 g/mol. The van der Waals surface area contributed by atoms with Crippen molar-refractivity contribution in [1.29, 1.82) is 0 Å². The Balaban J connectivity index is 2.15. The molecule has 0 aliphatic carbocycles. The van der Waals surface area contributed by atoms with Gasteiger partial charge in [0.25, 0.3) is 0 Å². The van der Waals surface area contributed by atoms with Gasteiger partial charge in [0.1, 0.15) is 0 Å². The molecule has 1 heterocycles. The zero-order valence-electron chi connectivity index (χ0n) is 16.5. The zero-order chi connectivity index (χ0) is 21.4. The molecule has 0 spiro atoms. The highest BCUT2D eigenvalue weighted by atomic mass is 32.2. The van der Waals surface area contributed by atoms with E-state index in [0.717, 1.165) is 18.2 Å². The summed E-state index contributed by atoms with van der Waals surface area (Å²) in [5.74, 6) is -0.753. The van der Waals surface area contributed by atoms with Crippen LogP contribution in [0, 0.1) is 5.92 Å². The predicted molar refractivity (Wildman–Crippen MR) is 117 cm³/mol. The number of anilines is 3. The van der Waals surface area contributed by atoms with Crippen molar-refractivity contribution in [3.8, 4) is 0 Å². The molecule has 0 bridgehead atoms. The van der Waals surface area contributed by atoms with Gasteiger partial charge < -0.3 is 10.4 Å². The number of carbonyl (C=O) groups excluding carboxylic acids is 2. The normalized spacial score (nSPS) is 10.6. The van der Waals surface area contributed by atoms with Gasteiger partial charge in [-0.1, -0.05) is 31.3 Å². The van der Waals surface area contributed by atoms with Crippen LogP contribution in [0.25, 0.3) is 0 Å². The lowest BCUT2D eigenvalue weighted by molar-refractivity contribution is -0.133. The largest absolute Gasteiger partial charge is 0.481 e. The molecule has 0 aliphatic heterocycles. The number of nitrogens with zero attached hydrogens (tertiary/aromatic N) is 2. The monoisotopic (exact) mass is 436 g/mol. The number of benzene rings is 1. The lowest BCUT2D eigenvalue weighted by Crippen LogP contribution is -2.36. The Morgan fingerprint density at radius 2 is 2.03 bits per heavy atom. The molecule has 0 unspecified atom stereocenters. The maximum absolute atomic E-state index is 12.9. The molecule has 3 N–H and O–H groups in total. The Morgan fingerprint density at radius 1 is 1.28 bits per heavy atom. The second kappa shape index (κ2) is 10.8. The van der Waals surface area contributed by atoms with Gasteiger partial charge in [0.05, 0.1) is 16.2 Å². The summed E-state index contributed by atoms with van der Waals surface area (Å²) in [6, 6.07) is 6.75. The summed E-state index contributed by atoms with van der Waals surface area (Å²) in [5, 5.41) is 14.7. The van der Waals surface area contributed by atoms with Crippen LogP contribution in [0.15, 0.2) is 34.7 Å². The van der Waals surface area contributed by atoms with E-state index in [4.69, 9.17) is 5.11 Å². The van der Waals surface area contributed by atoms with Gasteiger partial charge in [0, 0.05) is 24.8 Å². The summed E-state index contributed by atoms with van der Waals surface area (Å²) in [6.45, 7) is 6.09. The van der Waals surface area contributed by atoms with Crippen molar-refractivity contribution >= 4 is 57.5 Å². The molecule has 0 saturated carbocycles. The van der Waals surface area contributed by atoms with Crippen molar-refractivity contribution in [2.24, 2.45) is 5.92 Å². The number of nitrogens with one attached hydrogen (secondary N) is 2. The molecular formula is C19H24N4O4S2. The fraction of sp³-hybridized carbons (Fsp3) is 0.368. The van der Waals surface area contributed by atoms with E-state index in [0.29, 0.717) is 33.2 Å². The standard InChI is InChI=1S/C19H24N4O4S2/c1-12(2)7-8-23(15-6-4-5-14(9-15)21-13(3)24)19(27)22-18-20-10-17(29-18)28-11-16(25)26/h4-6,9-10,12H,7-8,11H2,1-3H3,(H,21,24)(H,25,26)(H,20,22,27). The molecule has 1 aromatic carbocycles. The van der Waals surface area contributed by atoms with Crippen molar-refractivity contribution < 1.29 is 19.5 Å². The van der Waals surface area contributed by atoms with E-state index >= 15 is 0 Å². The topological polar surface area (TPSA) is 112 Å². The van der Waals surface area contributed by atoms with Crippen LogP contribution in [0.3, 0.4) is 0 Å². The fourth-order valence-corrected chi connectivity index (χ4v) is 3.95. The predicted octanol–water partition coefficient (Wildman–Crippen LogP) is 4.36. The summed E-state index contributed by atoms with van der Waals surface area (Å²) in [5.41, 5.74) is 1.27. The van der Waals surface area contributed by atoms with Crippen LogP contribution in [0.2, 0.25) is 0 Å². The highest BCUT2D eigenvalue weighted by Crippen LogP contribution is 2.29. The Kier molecular flexibility index (Phi) is 8.47. The van der Waals surface area contributed by atoms with Crippen LogP contribution < -0.4 is 15.5 Å². The third-order valence-corrected chi connectivity index (χ3v) is 5.78. The quantitative estimate of drug-likeness (QED) is 0.504. The Morgan fingerprint density at radius 3 is 2.69 bits per heavy atom. The van der Waals surface area contributed by atoms with Crippen molar-refractivity contribution in [2.75, 3.05) is 27.8 Å². The number of hydrogen-bond acceptors (Lipinski definition) is 6. The van der Waals surface area contributed by atoms with Crippen molar-refractivity contribution in [3.63, 3.8) is 0 Å². The molecule has 3 amide bonds. The summed E-state index contributed by atoms with van der Waals surface area (Å²) in [4.78, 5) is 40.7. The smallest absolute Gasteiger partial charge is 0.328 e. The minimum atomic E-state index is -0.909. The van der Waals surface area contributed by atoms with E-state index in [-0.39, 0.29) is 17.7 Å². The zero-order valence-corrected chi connectivity index (χ0v) is 18.1. The summed E-state index contributed by atoms with van der Waals surface area (Å²) in [6.07, 6.45) is 2.35. The molecule has 10 heteroatoms. The van der Waals surface area contributed by atoms with Crippen LogP contribution >= 0.6 is 23.1 Å². The van der Waals surface area contributed by atoms with E-state index in [1.165, 1.54) is 18.3 Å². The van der Waals surface area contributed by atoms with Gasteiger partial charge in [-0.3, -0.25) is 19.8 Å². The number of amides is 3. The third-order valence-electron chi connectivity index (χ3n) is 3.69. The van der Waals surface area contributed by atoms with Gasteiger partial charge in [-0.2, -0.15) is 0 Å². The van der Waals surface area contributed by atoms with E-state index in [9.17, 15) is 14.4 Å². The minimum Gasteiger partial charge on any atom is -0.481 e. The second-order valence-corrected chi connectivity index (χ2v) is 8.97. The summed E-state index contributed by atoms with van der Waals surface area (Å²) >= 11 is 2.38. The molecule has 156 valence electrons. The van der Waals surface area contributed by atoms with Crippen molar-refractivity contribution in [2.45, 2.75) is 31.4 Å². The number of aliphatic carboxylic acids is 1. The lowest BCUT2D eigenvalue weighted by atomic mass is 10.1. The number of aromatic nitrogens is 1. The fourth-order valence-electron chi connectivity index (χ4n) is 2.37. The SMILES string of the molecule is CC(=O)Nc1cccc(N(CCC(C)C)C(=O)Nc2ncc(SCC(=O)O)s2)c1. The molecule has 1 aromatic heterocycles. The molecule has 0 radical (unpaired) electrons. The van der Waals surface area contributed by atoms with E-state index in [2.05, 4.69) is 29.5 Å². The van der Waals surface area contributed by atoms with Crippen LogP contribution in [0.5, 0.6) is 0 Å². The first-order valence-electron chi connectivity index (χ1n) is 9.01. The van der Waals surface area contributed by atoms with Crippen LogP contribution in [-0.4, -0.2) is 40.3 Å². The number of thioether (sulfide) groups is 1. The summed E-state index contributed by atoms with van der Waals surface area (Å²) in [7, 11) is 0. The van der Waals surface area contributed by atoms with E-state index in [1.807, 2.05) is 0 Å². The molecule has 0 aliphatic rings. The first kappa shape index (κ1) is 22.7. The maximum atomic E-state index is 12.9. The number of carboxylic acid groups (broad SMARTS) is 1. The molecule has 2 aromatic rings. The van der Waals surface area contributed by atoms with Crippen LogP contribution in [0.4, 0.5) is 21.3 Å². The molecule has 2 rings (SSSR count). The first-order valence-corrected chi connectivity index (χ1v) is 10.8. The van der Waals surface area contributed by atoms with Gasteiger partial charge in [0.2, 0.25) is 5.91 Å². The number of carboxylic acids is 1. The van der Waals surface area contributed by atoms with Gasteiger partial charge >= 0.3 is 12.0 Å². The van der Waals surface area contributed by atoms with Crippen LogP contribution in [0.1, 0.15) is 27.2 Å². The summed E-state index contributed by atoms with van der Waals surface area (Å²) < 4.78 is 0.712. The Bertz CT molecular complexity index is 869. The first-order chi connectivity index (χ1) is 13.7.